The Hall–Kier alpha value is -2.75. The number of carbonyl (C=O) groups excluding carboxylic acids is 1. The zero-order valence-corrected chi connectivity index (χ0v) is 18.3. The number of nitrogens with one attached hydrogen (secondary N) is 1. The van der Waals surface area contributed by atoms with Gasteiger partial charge in [0.05, 0.1) is 0 Å². The molecule has 0 radical (unpaired) electrons. The first-order valence-corrected chi connectivity index (χ1v) is 11.0. The molecule has 1 saturated carbocycles. The second-order valence-electron chi connectivity index (χ2n) is 8.39. The number of phenolic OH excluding ortho intramolecular Hbond substituents is 1. The molecule has 1 amide bonds. The van der Waals surface area contributed by atoms with Crippen molar-refractivity contribution in [3.8, 4) is 5.75 Å². The topological polar surface area (TPSA) is 52.6 Å². The molecule has 1 heterocycles. The summed E-state index contributed by atoms with van der Waals surface area (Å²) < 4.78 is 0. The highest BCUT2D eigenvalue weighted by molar-refractivity contribution is 5.81. The average molecular weight is 407 g/mol. The number of benzene rings is 1. The van der Waals surface area contributed by atoms with Gasteiger partial charge in [-0.1, -0.05) is 37.3 Å². The summed E-state index contributed by atoms with van der Waals surface area (Å²) in [5.41, 5.74) is 5.30. The number of phenols is 1. The van der Waals surface area contributed by atoms with E-state index in [9.17, 15) is 9.90 Å². The Kier molecular flexibility index (Phi) is 7.56. The summed E-state index contributed by atoms with van der Waals surface area (Å²) in [7, 11) is 2.09. The smallest absolute Gasteiger partial charge is 0.220 e. The van der Waals surface area contributed by atoms with Gasteiger partial charge in [-0.05, 0) is 74.3 Å². The van der Waals surface area contributed by atoms with Crippen molar-refractivity contribution in [1.29, 1.82) is 0 Å². The number of aromatic hydroxyl groups is 1. The van der Waals surface area contributed by atoms with Gasteiger partial charge in [-0.25, -0.2) is 0 Å². The molecular formula is C26H34N2O2. The first-order valence-electron chi connectivity index (χ1n) is 11.0. The van der Waals surface area contributed by atoms with Crippen LogP contribution in [0.25, 0.3) is 5.57 Å². The first-order chi connectivity index (χ1) is 14.5. The van der Waals surface area contributed by atoms with Crippen LogP contribution in [0.3, 0.4) is 0 Å². The molecule has 0 unspecified atom stereocenters. The Bertz CT molecular complexity index is 875. The number of carbonyl (C=O) groups is 1. The van der Waals surface area contributed by atoms with Crippen LogP contribution in [0.4, 0.5) is 0 Å². The highest BCUT2D eigenvalue weighted by Crippen LogP contribution is 2.35. The van der Waals surface area contributed by atoms with E-state index in [1.807, 2.05) is 24.3 Å². The molecular weight excluding hydrogens is 372 g/mol. The minimum absolute atomic E-state index is 0.208. The van der Waals surface area contributed by atoms with Crippen LogP contribution in [0.2, 0.25) is 0 Å². The van der Waals surface area contributed by atoms with Gasteiger partial charge in [0, 0.05) is 37.0 Å². The first kappa shape index (κ1) is 21.9. The number of unbranched alkanes of at least 4 members (excludes halogenated alkanes) is 2. The van der Waals surface area contributed by atoms with Crippen LogP contribution in [-0.4, -0.2) is 29.5 Å². The lowest BCUT2D eigenvalue weighted by Gasteiger charge is -2.30. The molecule has 30 heavy (non-hydrogen) atoms. The van der Waals surface area contributed by atoms with Crippen LogP contribution in [-0.2, 0) is 4.79 Å². The molecule has 4 heteroatoms. The van der Waals surface area contributed by atoms with Crippen LogP contribution in [0, 0.1) is 5.92 Å². The predicted molar refractivity (Wildman–Crippen MR) is 124 cm³/mol. The van der Waals surface area contributed by atoms with Gasteiger partial charge in [0.1, 0.15) is 5.75 Å². The zero-order valence-electron chi connectivity index (χ0n) is 18.3. The van der Waals surface area contributed by atoms with E-state index in [0.29, 0.717) is 18.1 Å². The van der Waals surface area contributed by atoms with Crippen molar-refractivity contribution >= 4 is 11.5 Å². The molecule has 4 nitrogen and oxygen atoms in total. The van der Waals surface area contributed by atoms with Gasteiger partial charge in [0.25, 0.3) is 0 Å². The van der Waals surface area contributed by atoms with Gasteiger partial charge in [-0.3, -0.25) is 4.79 Å². The number of hydrogen-bond donors (Lipinski definition) is 2. The second kappa shape index (κ2) is 10.3. The van der Waals surface area contributed by atoms with Gasteiger partial charge in [-0.2, -0.15) is 0 Å². The molecule has 1 aliphatic heterocycles. The summed E-state index contributed by atoms with van der Waals surface area (Å²) in [6.07, 6.45) is 13.4. The van der Waals surface area contributed by atoms with Crippen molar-refractivity contribution in [3.63, 3.8) is 0 Å². The number of allylic oxidation sites excluding steroid dienone is 6. The average Bonchev–Trinajstić information content (AvgIpc) is 3.55. The third-order valence-electron chi connectivity index (χ3n) is 5.93. The normalized spacial score (nSPS) is 17.9. The molecule has 0 saturated heterocycles. The number of likely N-dealkylation sites (N-methyl/N-ethyl adjacent to an activating group) is 1. The predicted octanol–water partition coefficient (Wildman–Crippen LogP) is 5.54. The molecule has 0 bridgehead atoms. The maximum absolute atomic E-state index is 11.8. The van der Waals surface area contributed by atoms with Crippen LogP contribution in [0.5, 0.6) is 5.75 Å². The highest BCUT2D eigenvalue weighted by atomic mass is 16.3. The summed E-state index contributed by atoms with van der Waals surface area (Å²) in [5, 5.41) is 13.4. The molecule has 1 fully saturated rings. The van der Waals surface area contributed by atoms with Crippen molar-refractivity contribution in [2.24, 2.45) is 5.92 Å². The molecule has 2 aliphatic rings. The molecule has 1 aliphatic carbocycles. The molecule has 1 aromatic rings. The Morgan fingerprint density at radius 1 is 1.23 bits per heavy atom. The molecule has 0 aromatic heterocycles. The van der Waals surface area contributed by atoms with Gasteiger partial charge in [0.2, 0.25) is 5.91 Å². The summed E-state index contributed by atoms with van der Waals surface area (Å²) in [4.78, 5) is 14.0. The lowest BCUT2D eigenvalue weighted by molar-refractivity contribution is -0.121. The Balaban J connectivity index is 1.59. The fourth-order valence-corrected chi connectivity index (χ4v) is 3.80. The molecule has 2 N–H and O–H groups in total. The summed E-state index contributed by atoms with van der Waals surface area (Å²) >= 11 is 0. The maximum atomic E-state index is 11.8. The van der Waals surface area contributed by atoms with E-state index in [1.165, 1.54) is 18.5 Å². The van der Waals surface area contributed by atoms with Crippen molar-refractivity contribution in [1.82, 2.24) is 10.2 Å². The highest BCUT2D eigenvalue weighted by Gasteiger charge is 2.24. The molecule has 0 spiro atoms. The van der Waals surface area contributed by atoms with Crippen molar-refractivity contribution in [3.05, 3.63) is 71.6 Å². The number of rotatable bonds is 10. The fourth-order valence-electron chi connectivity index (χ4n) is 3.80. The van der Waals surface area contributed by atoms with Gasteiger partial charge in [0.15, 0.2) is 0 Å². The van der Waals surface area contributed by atoms with E-state index in [-0.39, 0.29) is 5.91 Å². The molecule has 1 aromatic carbocycles. The zero-order chi connectivity index (χ0) is 21.5. The summed E-state index contributed by atoms with van der Waals surface area (Å²) in [6, 6.07) is 7.46. The SMILES string of the molecule is C=C/C(C)=C1/C=C(c2ccccc2O)C=C(CCCCCNC(=O)CC2CC2)N1C. The number of hydrogen-bond acceptors (Lipinski definition) is 3. The van der Waals surface area contributed by atoms with Crippen LogP contribution in [0.15, 0.2) is 66.0 Å². The maximum Gasteiger partial charge on any atom is 0.220 e. The standard InChI is InChI=1S/C26H34N2O2/c1-4-19(2)24-18-21(23-11-7-8-12-25(23)29)17-22(28(24)3)10-6-5-9-15-27-26(30)16-20-13-14-20/h4,7-8,11-12,17-18,20,29H,1,5-6,9-10,13-16H2,2-3H3,(H,27,30)/b24-19-. The van der Waals surface area contributed by atoms with Gasteiger partial charge < -0.3 is 15.3 Å². The molecule has 160 valence electrons. The minimum Gasteiger partial charge on any atom is -0.507 e. The minimum atomic E-state index is 0.208. The van der Waals surface area contributed by atoms with E-state index in [4.69, 9.17) is 0 Å². The Labute approximate surface area is 180 Å². The Morgan fingerprint density at radius 2 is 2.00 bits per heavy atom. The monoisotopic (exact) mass is 406 g/mol. The van der Waals surface area contributed by atoms with E-state index in [1.54, 1.807) is 6.07 Å². The number of para-hydroxylation sites is 1. The third kappa shape index (κ3) is 5.88. The van der Waals surface area contributed by atoms with Crippen molar-refractivity contribution in [2.45, 2.75) is 51.9 Å². The van der Waals surface area contributed by atoms with Gasteiger partial charge in [-0.15, -0.1) is 0 Å². The largest absolute Gasteiger partial charge is 0.507 e. The van der Waals surface area contributed by atoms with Crippen molar-refractivity contribution in [2.75, 3.05) is 13.6 Å². The number of amides is 1. The van der Waals surface area contributed by atoms with E-state index >= 15 is 0 Å². The number of nitrogens with zero attached hydrogens (tertiary/aromatic N) is 1. The van der Waals surface area contributed by atoms with Crippen LogP contribution in [0.1, 0.15) is 57.4 Å². The molecule has 0 atom stereocenters. The lowest BCUT2D eigenvalue weighted by atomic mass is 9.96. The lowest BCUT2D eigenvalue weighted by Crippen LogP contribution is -2.24. The van der Waals surface area contributed by atoms with E-state index < -0.39 is 0 Å². The Morgan fingerprint density at radius 3 is 2.70 bits per heavy atom. The fraction of sp³-hybridized carbons (Fsp3) is 0.423. The third-order valence-corrected chi connectivity index (χ3v) is 5.93. The molecule has 3 rings (SSSR count). The van der Waals surface area contributed by atoms with E-state index in [0.717, 1.165) is 54.6 Å². The van der Waals surface area contributed by atoms with Crippen LogP contribution >= 0.6 is 0 Å². The van der Waals surface area contributed by atoms with Gasteiger partial charge >= 0.3 is 0 Å². The van der Waals surface area contributed by atoms with E-state index in [2.05, 4.69) is 42.9 Å². The summed E-state index contributed by atoms with van der Waals surface area (Å²) in [5.74, 6) is 1.15. The van der Waals surface area contributed by atoms with Crippen LogP contribution < -0.4 is 5.32 Å². The second-order valence-corrected chi connectivity index (χ2v) is 8.39. The summed E-state index contributed by atoms with van der Waals surface area (Å²) in [6.45, 7) is 6.75. The quantitative estimate of drug-likeness (QED) is 0.502. The van der Waals surface area contributed by atoms with Crippen molar-refractivity contribution < 1.29 is 9.90 Å².